The number of nitrogens with zero attached hydrogens (tertiary/aromatic N) is 1. The van der Waals surface area contributed by atoms with Gasteiger partial charge in [0, 0.05) is 17.5 Å². The van der Waals surface area contributed by atoms with Crippen molar-refractivity contribution < 1.29 is 5.11 Å². The van der Waals surface area contributed by atoms with E-state index in [0.29, 0.717) is 5.92 Å². The van der Waals surface area contributed by atoms with Crippen molar-refractivity contribution in [2.45, 2.75) is 38.2 Å². The summed E-state index contributed by atoms with van der Waals surface area (Å²) in [5.41, 5.74) is 2.91. The van der Waals surface area contributed by atoms with Crippen LogP contribution in [0.5, 0.6) is 0 Å². The molecule has 1 fully saturated rings. The largest absolute Gasteiger partial charge is 0.385 e. The maximum atomic E-state index is 11.7. The van der Waals surface area contributed by atoms with Gasteiger partial charge < -0.3 is 10.0 Å². The first-order chi connectivity index (χ1) is 12.4. The molecule has 1 saturated carbocycles. The molecule has 0 amide bonds. The summed E-state index contributed by atoms with van der Waals surface area (Å²) in [7, 11) is 4.20. The Morgan fingerprint density at radius 1 is 1.12 bits per heavy atom. The monoisotopic (exact) mass is 371 g/mol. The molecular formula is C23H30ClNO. The second-order valence-electron chi connectivity index (χ2n) is 8.17. The highest BCUT2D eigenvalue weighted by molar-refractivity contribution is 6.30. The lowest BCUT2D eigenvalue weighted by Gasteiger charge is -2.45. The first kappa shape index (κ1) is 19.4. The van der Waals surface area contributed by atoms with Crippen LogP contribution in [-0.2, 0) is 12.0 Å². The average Bonchev–Trinajstić information content (AvgIpc) is 2.60. The van der Waals surface area contributed by atoms with Crippen LogP contribution in [-0.4, -0.2) is 30.6 Å². The number of hydrogen-bond donors (Lipinski definition) is 1. The lowest BCUT2D eigenvalue weighted by molar-refractivity contribution is -0.0756. The molecule has 0 spiro atoms. The molecule has 1 aliphatic rings. The normalized spacial score (nSPS) is 26.2. The fraction of sp³-hybridized carbons (Fsp3) is 0.478. The molecule has 0 saturated heterocycles. The molecule has 2 aromatic carbocycles. The Bertz CT molecular complexity index is 727. The molecule has 3 rings (SSSR count). The average molecular weight is 372 g/mol. The molecule has 0 bridgehead atoms. The number of hydrogen-bond acceptors (Lipinski definition) is 2. The van der Waals surface area contributed by atoms with Crippen LogP contribution in [0.25, 0.3) is 0 Å². The highest BCUT2D eigenvalue weighted by Gasteiger charge is 2.43. The van der Waals surface area contributed by atoms with Gasteiger partial charge in [-0.25, -0.2) is 0 Å². The lowest BCUT2D eigenvalue weighted by atomic mass is 9.66. The fourth-order valence-corrected chi connectivity index (χ4v) is 4.69. The Labute approximate surface area is 162 Å². The topological polar surface area (TPSA) is 23.5 Å². The molecule has 0 radical (unpaired) electrons. The van der Waals surface area contributed by atoms with Crippen molar-refractivity contribution in [2.24, 2.45) is 11.8 Å². The van der Waals surface area contributed by atoms with Crippen LogP contribution in [0.4, 0.5) is 0 Å². The van der Waals surface area contributed by atoms with Crippen LogP contribution in [0.15, 0.2) is 48.5 Å². The zero-order valence-corrected chi connectivity index (χ0v) is 16.8. The Balaban J connectivity index is 1.81. The third kappa shape index (κ3) is 4.31. The van der Waals surface area contributed by atoms with Crippen molar-refractivity contribution in [1.29, 1.82) is 0 Å². The maximum Gasteiger partial charge on any atom is 0.0939 e. The summed E-state index contributed by atoms with van der Waals surface area (Å²) in [6, 6.07) is 16.5. The zero-order valence-electron chi connectivity index (χ0n) is 16.1. The van der Waals surface area contributed by atoms with Gasteiger partial charge in [-0.05, 0) is 81.4 Å². The molecule has 0 aromatic heterocycles. The van der Waals surface area contributed by atoms with Gasteiger partial charge in [0.25, 0.3) is 0 Å². The molecule has 1 aliphatic carbocycles. The Hall–Kier alpha value is -1.35. The van der Waals surface area contributed by atoms with Gasteiger partial charge in [0.1, 0.15) is 0 Å². The molecule has 0 aliphatic heterocycles. The summed E-state index contributed by atoms with van der Waals surface area (Å²) in [5, 5.41) is 12.5. The Kier molecular flexibility index (Phi) is 6.06. The van der Waals surface area contributed by atoms with Crippen LogP contribution in [0.3, 0.4) is 0 Å². The number of rotatable bonds is 5. The van der Waals surface area contributed by atoms with E-state index in [1.807, 2.05) is 18.2 Å². The van der Waals surface area contributed by atoms with E-state index in [-0.39, 0.29) is 5.92 Å². The molecular weight excluding hydrogens is 342 g/mol. The fourth-order valence-electron chi connectivity index (χ4n) is 4.56. The van der Waals surface area contributed by atoms with E-state index in [1.165, 1.54) is 11.1 Å². The minimum absolute atomic E-state index is 0.240. The van der Waals surface area contributed by atoms with Gasteiger partial charge in [-0.15, -0.1) is 0 Å². The molecule has 26 heavy (non-hydrogen) atoms. The Morgan fingerprint density at radius 3 is 2.46 bits per heavy atom. The van der Waals surface area contributed by atoms with Crippen molar-refractivity contribution in [3.63, 3.8) is 0 Å². The first-order valence-corrected chi connectivity index (χ1v) is 9.94. The van der Waals surface area contributed by atoms with Crippen LogP contribution in [0.1, 0.15) is 36.0 Å². The molecule has 2 nitrogen and oxygen atoms in total. The molecule has 0 heterocycles. The quantitative estimate of drug-likeness (QED) is 0.794. The standard InChI is InChI=1S/C23H30ClNO/c1-17-6-4-5-7-22(17)23(26)13-12-19(15-20(23)16-25(2)3)14-18-8-10-21(24)11-9-18/h4-11,19-20,26H,12-16H2,1-3H3. The third-order valence-electron chi connectivity index (χ3n) is 5.86. The van der Waals surface area contributed by atoms with Crippen LogP contribution < -0.4 is 0 Å². The van der Waals surface area contributed by atoms with Gasteiger partial charge in [-0.1, -0.05) is 48.0 Å². The van der Waals surface area contributed by atoms with E-state index in [4.69, 9.17) is 11.6 Å². The van der Waals surface area contributed by atoms with Crippen molar-refractivity contribution in [3.8, 4) is 0 Å². The summed E-state index contributed by atoms with van der Waals surface area (Å²) in [6.07, 6.45) is 3.99. The number of halogens is 1. The third-order valence-corrected chi connectivity index (χ3v) is 6.11. The molecule has 2 aromatic rings. The molecule has 3 heteroatoms. The van der Waals surface area contributed by atoms with Gasteiger partial charge in [0.2, 0.25) is 0 Å². The molecule has 140 valence electrons. The minimum atomic E-state index is -0.730. The second kappa shape index (κ2) is 8.12. The summed E-state index contributed by atoms with van der Waals surface area (Å²) in [5.74, 6) is 0.843. The van der Waals surface area contributed by atoms with E-state index in [1.54, 1.807) is 0 Å². The van der Waals surface area contributed by atoms with Crippen LogP contribution in [0.2, 0.25) is 5.02 Å². The van der Waals surface area contributed by atoms with E-state index in [0.717, 1.165) is 42.8 Å². The predicted octanol–water partition coefficient (Wildman–Crippen LogP) is 5.06. The van der Waals surface area contributed by atoms with Gasteiger partial charge >= 0.3 is 0 Å². The van der Waals surface area contributed by atoms with E-state index < -0.39 is 5.60 Å². The van der Waals surface area contributed by atoms with Gasteiger partial charge in [0.15, 0.2) is 0 Å². The number of aryl methyl sites for hydroxylation is 1. The summed E-state index contributed by atoms with van der Waals surface area (Å²) >= 11 is 6.02. The highest BCUT2D eigenvalue weighted by atomic mass is 35.5. The van der Waals surface area contributed by atoms with E-state index >= 15 is 0 Å². The molecule has 1 N–H and O–H groups in total. The van der Waals surface area contributed by atoms with Crippen molar-refractivity contribution in [2.75, 3.05) is 20.6 Å². The van der Waals surface area contributed by atoms with Gasteiger partial charge in [-0.2, -0.15) is 0 Å². The predicted molar refractivity (Wildman–Crippen MR) is 110 cm³/mol. The van der Waals surface area contributed by atoms with E-state index in [2.05, 4.69) is 56.3 Å². The van der Waals surface area contributed by atoms with Crippen LogP contribution >= 0.6 is 11.6 Å². The summed E-state index contributed by atoms with van der Waals surface area (Å²) in [6.45, 7) is 3.02. The molecule has 3 atom stereocenters. The van der Waals surface area contributed by atoms with Crippen LogP contribution in [0, 0.1) is 18.8 Å². The van der Waals surface area contributed by atoms with Gasteiger partial charge in [0.05, 0.1) is 5.60 Å². The number of aliphatic hydroxyl groups is 1. The Morgan fingerprint density at radius 2 is 1.81 bits per heavy atom. The van der Waals surface area contributed by atoms with Crippen molar-refractivity contribution >= 4 is 11.6 Å². The molecule has 3 unspecified atom stereocenters. The summed E-state index contributed by atoms with van der Waals surface area (Å²) < 4.78 is 0. The van der Waals surface area contributed by atoms with Gasteiger partial charge in [-0.3, -0.25) is 0 Å². The maximum absolute atomic E-state index is 11.7. The first-order valence-electron chi connectivity index (χ1n) is 9.56. The number of benzene rings is 2. The smallest absolute Gasteiger partial charge is 0.0939 e. The van der Waals surface area contributed by atoms with Crippen molar-refractivity contribution in [3.05, 3.63) is 70.2 Å². The minimum Gasteiger partial charge on any atom is -0.385 e. The lowest BCUT2D eigenvalue weighted by Crippen LogP contribution is -2.45. The highest BCUT2D eigenvalue weighted by Crippen LogP contribution is 2.46. The summed E-state index contributed by atoms with van der Waals surface area (Å²) in [4.78, 5) is 2.21. The van der Waals surface area contributed by atoms with Crippen molar-refractivity contribution in [1.82, 2.24) is 4.90 Å². The second-order valence-corrected chi connectivity index (χ2v) is 8.61. The SMILES string of the molecule is Cc1ccccc1C1(O)CCC(Cc2ccc(Cl)cc2)CC1CN(C)C. The zero-order chi connectivity index (χ0) is 18.7. The van der Waals surface area contributed by atoms with E-state index in [9.17, 15) is 5.11 Å².